The number of rotatable bonds is 3. The Morgan fingerprint density at radius 2 is 2.04 bits per heavy atom. The summed E-state index contributed by atoms with van der Waals surface area (Å²) in [6, 6.07) is 3.57. The summed E-state index contributed by atoms with van der Waals surface area (Å²) < 4.78 is 0. The normalized spacial score (nSPS) is 17.0. The van der Waals surface area contributed by atoms with Crippen molar-refractivity contribution >= 4 is 5.91 Å². The number of carbonyl (C=O) groups excluding carboxylic acids is 1. The van der Waals surface area contributed by atoms with Gasteiger partial charge < -0.3 is 9.88 Å². The molecule has 4 heterocycles. The third-order valence-electron chi connectivity index (χ3n) is 4.44. The fraction of sp³-hybridized carbons (Fsp3) is 0.278. The van der Waals surface area contributed by atoms with Gasteiger partial charge in [0.05, 0.1) is 17.3 Å². The predicted molar refractivity (Wildman–Crippen MR) is 91.6 cm³/mol. The molecule has 0 spiro atoms. The van der Waals surface area contributed by atoms with Crippen molar-refractivity contribution in [3.63, 3.8) is 0 Å². The molecule has 7 heteroatoms. The van der Waals surface area contributed by atoms with E-state index in [0.717, 1.165) is 24.2 Å². The zero-order valence-electron chi connectivity index (χ0n) is 13.9. The Morgan fingerprint density at radius 1 is 1.16 bits per heavy atom. The molecule has 3 aromatic heterocycles. The van der Waals surface area contributed by atoms with Crippen molar-refractivity contribution in [1.82, 2.24) is 29.8 Å². The molecule has 25 heavy (non-hydrogen) atoms. The van der Waals surface area contributed by atoms with Crippen LogP contribution in [0.15, 0.2) is 43.1 Å². The summed E-state index contributed by atoms with van der Waals surface area (Å²) in [6.45, 7) is 2.60. The van der Waals surface area contributed by atoms with Gasteiger partial charge in [0, 0.05) is 43.2 Å². The van der Waals surface area contributed by atoms with Crippen LogP contribution in [0, 0.1) is 6.92 Å². The highest BCUT2D eigenvalue weighted by molar-refractivity contribution is 5.94. The predicted octanol–water partition coefficient (Wildman–Crippen LogP) is 2.55. The first-order valence-corrected chi connectivity index (χ1v) is 8.28. The molecule has 1 saturated heterocycles. The molecule has 1 fully saturated rings. The number of aromatic amines is 1. The first-order valence-electron chi connectivity index (χ1n) is 8.28. The maximum absolute atomic E-state index is 13.0. The third-order valence-corrected chi connectivity index (χ3v) is 4.44. The smallest absolute Gasteiger partial charge is 0.255 e. The zero-order chi connectivity index (χ0) is 17.2. The topological polar surface area (TPSA) is 87.7 Å². The van der Waals surface area contributed by atoms with E-state index in [1.165, 1.54) is 0 Å². The lowest BCUT2D eigenvalue weighted by molar-refractivity contribution is 0.0732. The number of hydrogen-bond acceptors (Lipinski definition) is 5. The minimum atomic E-state index is -0.109. The van der Waals surface area contributed by atoms with Crippen molar-refractivity contribution in [3.05, 3.63) is 60.1 Å². The van der Waals surface area contributed by atoms with E-state index in [1.807, 2.05) is 24.0 Å². The van der Waals surface area contributed by atoms with Gasteiger partial charge in [0.25, 0.3) is 5.91 Å². The average molecular weight is 334 g/mol. The van der Waals surface area contributed by atoms with Gasteiger partial charge in [-0.1, -0.05) is 0 Å². The number of carbonyl (C=O) groups is 1. The highest BCUT2D eigenvalue weighted by Gasteiger charge is 2.34. The van der Waals surface area contributed by atoms with E-state index in [1.54, 1.807) is 31.0 Å². The minimum Gasteiger partial charge on any atom is -0.343 e. The summed E-state index contributed by atoms with van der Waals surface area (Å²) in [4.78, 5) is 35.4. The molecular weight excluding hydrogens is 316 g/mol. The summed E-state index contributed by atoms with van der Waals surface area (Å²) in [5.41, 5.74) is 2.96. The van der Waals surface area contributed by atoms with Gasteiger partial charge in [0.2, 0.25) is 0 Å². The minimum absolute atomic E-state index is 0.0222. The van der Waals surface area contributed by atoms with Crippen molar-refractivity contribution < 1.29 is 4.79 Å². The quantitative estimate of drug-likeness (QED) is 0.795. The standard InChI is InChI=1S/C18H18N6O/c1-12-4-5-13(11-23-12)18(25)24-10-2-3-14(24)15-16(20-7-6-19-15)17-21-8-9-22-17/h4-9,11,14H,2-3,10H2,1H3,(H,21,22)/t14-/m1/s1. The third kappa shape index (κ3) is 2.88. The Balaban J connectivity index is 1.69. The first-order chi connectivity index (χ1) is 12.2. The van der Waals surface area contributed by atoms with Crippen molar-refractivity contribution in [3.8, 4) is 11.5 Å². The van der Waals surface area contributed by atoms with E-state index < -0.39 is 0 Å². The van der Waals surface area contributed by atoms with E-state index in [0.29, 0.717) is 23.6 Å². The maximum Gasteiger partial charge on any atom is 0.255 e. The Labute approximate surface area is 145 Å². The van der Waals surface area contributed by atoms with Gasteiger partial charge in [-0.2, -0.15) is 0 Å². The van der Waals surface area contributed by atoms with Crippen LogP contribution in [0.2, 0.25) is 0 Å². The Kier molecular flexibility index (Phi) is 3.97. The average Bonchev–Trinajstić information content (AvgIpc) is 3.33. The number of H-pyrrole nitrogens is 1. The molecule has 1 aliphatic rings. The number of pyridine rings is 1. The molecule has 0 aromatic carbocycles. The highest BCUT2D eigenvalue weighted by atomic mass is 16.2. The summed E-state index contributed by atoms with van der Waals surface area (Å²) >= 11 is 0. The number of likely N-dealkylation sites (tertiary alicyclic amines) is 1. The number of nitrogens with one attached hydrogen (secondary N) is 1. The second-order valence-corrected chi connectivity index (χ2v) is 6.07. The van der Waals surface area contributed by atoms with Crippen LogP contribution >= 0.6 is 0 Å². The van der Waals surface area contributed by atoms with Gasteiger partial charge in [0.15, 0.2) is 5.82 Å². The molecule has 0 bridgehead atoms. The van der Waals surface area contributed by atoms with Crippen molar-refractivity contribution in [2.75, 3.05) is 6.54 Å². The summed E-state index contributed by atoms with van der Waals surface area (Å²) in [5.74, 6) is 0.644. The lowest BCUT2D eigenvalue weighted by Crippen LogP contribution is -2.31. The largest absolute Gasteiger partial charge is 0.343 e. The van der Waals surface area contributed by atoms with Crippen LogP contribution in [0.4, 0.5) is 0 Å². The zero-order valence-corrected chi connectivity index (χ0v) is 13.9. The summed E-state index contributed by atoms with van der Waals surface area (Å²) in [7, 11) is 0. The second-order valence-electron chi connectivity index (χ2n) is 6.07. The molecule has 0 radical (unpaired) electrons. The van der Waals surface area contributed by atoms with E-state index in [-0.39, 0.29) is 11.9 Å². The molecule has 1 aliphatic heterocycles. The van der Waals surface area contributed by atoms with Crippen LogP contribution in [-0.2, 0) is 0 Å². The number of amides is 1. The molecular formula is C18H18N6O. The lowest BCUT2D eigenvalue weighted by atomic mass is 10.1. The van der Waals surface area contributed by atoms with Gasteiger partial charge in [0.1, 0.15) is 5.69 Å². The maximum atomic E-state index is 13.0. The molecule has 1 atom stereocenters. The Bertz CT molecular complexity index is 875. The lowest BCUT2D eigenvalue weighted by Gasteiger charge is -2.25. The number of hydrogen-bond donors (Lipinski definition) is 1. The molecule has 4 rings (SSSR count). The highest BCUT2D eigenvalue weighted by Crippen LogP contribution is 2.35. The molecule has 1 amide bonds. The summed E-state index contributed by atoms with van der Waals surface area (Å²) in [6.07, 6.45) is 10.2. The van der Waals surface area contributed by atoms with E-state index in [9.17, 15) is 4.79 Å². The number of aromatic nitrogens is 5. The second kappa shape index (κ2) is 6.43. The van der Waals surface area contributed by atoms with Gasteiger partial charge in [-0.25, -0.2) is 9.97 Å². The molecule has 7 nitrogen and oxygen atoms in total. The van der Waals surface area contributed by atoms with Gasteiger partial charge >= 0.3 is 0 Å². The molecule has 0 saturated carbocycles. The van der Waals surface area contributed by atoms with Crippen molar-refractivity contribution in [2.45, 2.75) is 25.8 Å². The van der Waals surface area contributed by atoms with Gasteiger partial charge in [-0.3, -0.25) is 14.8 Å². The Hall–Kier alpha value is -3.09. The molecule has 3 aromatic rings. The van der Waals surface area contributed by atoms with Crippen LogP contribution in [-0.4, -0.2) is 42.3 Å². The monoisotopic (exact) mass is 334 g/mol. The van der Waals surface area contributed by atoms with Crippen LogP contribution in [0.3, 0.4) is 0 Å². The fourth-order valence-corrected chi connectivity index (χ4v) is 3.22. The van der Waals surface area contributed by atoms with E-state index >= 15 is 0 Å². The van der Waals surface area contributed by atoms with Gasteiger partial charge in [-0.15, -0.1) is 0 Å². The molecule has 1 N–H and O–H groups in total. The van der Waals surface area contributed by atoms with Crippen molar-refractivity contribution in [1.29, 1.82) is 0 Å². The SMILES string of the molecule is Cc1ccc(C(=O)N2CCC[C@@H]2c2nccnc2-c2ncc[nH]2)cn1. The Morgan fingerprint density at radius 3 is 2.80 bits per heavy atom. The molecule has 0 unspecified atom stereocenters. The van der Waals surface area contributed by atoms with Crippen LogP contribution < -0.4 is 0 Å². The van der Waals surface area contributed by atoms with Crippen LogP contribution in [0.5, 0.6) is 0 Å². The number of aryl methyl sites for hydroxylation is 1. The van der Waals surface area contributed by atoms with Gasteiger partial charge in [-0.05, 0) is 31.9 Å². The van der Waals surface area contributed by atoms with Crippen molar-refractivity contribution in [2.24, 2.45) is 0 Å². The van der Waals surface area contributed by atoms with Crippen LogP contribution in [0.1, 0.15) is 40.6 Å². The fourth-order valence-electron chi connectivity index (χ4n) is 3.22. The number of imidazole rings is 1. The summed E-state index contributed by atoms with van der Waals surface area (Å²) in [5, 5.41) is 0. The molecule has 0 aliphatic carbocycles. The van der Waals surface area contributed by atoms with Crippen LogP contribution in [0.25, 0.3) is 11.5 Å². The van der Waals surface area contributed by atoms with E-state index in [4.69, 9.17) is 0 Å². The molecule has 126 valence electrons. The number of nitrogens with zero attached hydrogens (tertiary/aromatic N) is 5. The first kappa shape index (κ1) is 15.4. The van der Waals surface area contributed by atoms with E-state index in [2.05, 4.69) is 24.9 Å².